The van der Waals surface area contributed by atoms with Crippen molar-refractivity contribution in [2.45, 2.75) is 45.6 Å². The highest BCUT2D eigenvalue weighted by molar-refractivity contribution is 5.32. The molecule has 1 atom stereocenters. The number of nitrogens with one attached hydrogen (secondary N) is 1. The zero-order valence-electron chi connectivity index (χ0n) is 20.2. The monoisotopic (exact) mass is 461 g/mol. The fraction of sp³-hybridized carbons (Fsp3) is 0.267. The molecule has 35 heavy (non-hydrogen) atoms. The van der Waals surface area contributed by atoms with Gasteiger partial charge in [-0.2, -0.15) is 5.26 Å². The molecule has 5 heteroatoms. The molecule has 4 aromatic rings. The number of nitrogens with zero attached hydrogens (tertiary/aromatic N) is 4. The van der Waals surface area contributed by atoms with Crippen LogP contribution in [0.4, 0.5) is 0 Å². The predicted octanol–water partition coefficient (Wildman–Crippen LogP) is 4.83. The van der Waals surface area contributed by atoms with Gasteiger partial charge < -0.3 is 9.88 Å². The number of fused-ring (bicyclic) bond motifs is 1. The van der Waals surface area contributed by atoms with Gasteiger partial charge in [0.05, 0.1) is 23.7 Å². The van der Waals surface area contributed by atoms with Crippen molar-refractivity contribution in [3.63, 3.8) is 0 Å². The molecule has 176 valence electrons. The smallest absolute Gasteiger partial charge is 0.0991 e. The lowest BCUT2D eigenvalue weighted by molar-refractivity contribution is 0.232. The molecule has 0 saturated heterocycles. The van der Waals surface area contributed by atoms with Crippen LogP contribution in [0.2, 0.25) is 0 Å². The molecule has 0 saturated carbocycles. The Kier molecular flexibility index (Phi) is 7.04. The van der Waals surface area contributed by atoms with Gasteiger partial charge in [0.25, 0.3) is 0 Å². The lowest BCUT2D eigenvalue weighted by atomic mass is 10.0. The first kappa shape index (κ1) is 23.0. The summed E-state index contributed by atoms with van der Waals surface area (Å²) >= 11 is 0. The van der Waals surface area contributed by atoms with Gasteiger partial charge >= 0.3 is 0 Å². The molecule has 1 N–H and O–H groups in total. The highest BCUT2D eigenvalue weighted by Crippen LogP contribution is 2.21. The molecular formula is C30H31N5. The Hall–Kier alpha value is -3.72. The molecule has 5 nitrogen and oxygen atoms in total. The number of aryl methyl sites for hydroxylation is 1. The minimum Gasteiger partial charge on any atom is -0.329 e. The Bertz CT molecular complexity index is 1300. The SMILES string of the molecule is Cc1ccc(CN2Cc3ccccc3C[C@H](NCc3cncn3Cc3ccc(C#N)cc3)C2)cc1. The molecule has 0 fully saturated rings. The van der Waals surface area contributed by atoms with Crippen LogP contribution in [0, 0.1) is 18.3 Å². The van der Waals surface area contributed by atoms with Crippen molar-refractivity contribution in [1.82, 2.24) is 19.8 Å². The van der Waals surface area contributed by atoms with Crippen molar-refractivity contribution in [3.05, 3.63) is 124 Å². The van der Waals surface area contributed by atoms with Crippen LogP contribution in [0.25, 0.3) is 0 Å². The minimum atomic E-state index is 0.349. The highest BCUT2D eigenvalue weighted by atomic mass is 15.2. The quantitative estimate of drug-likeness (QED) is 0.428. The largest absolute Gasteiger partial charge is 0.329 e. The fourth-order valence-corrected chi connectivity index (χ4v) is 4.83. The van der Waals surface area contributed by atoms with Crippen LogP contribution in [-0.4, -0.2) is 27.0 Å². The van der Waals surface area contributed by atoms with Gasteiger partial charge in [0.1, 0.15) is 0 Å². The van der Waals surface area contributed by atoms with Gasteiger partial charge in [-0.3, -0.25) is 4.90 Å². The van der Waals surface area contributed by atoms with Crippen LogP contribution in [0.5, 0.6) is 0 Å². The second kappa shape index (κ2) is 10.7. The fourth-order valence-electron chi connectivity index (χ4n) is 4.83. The highest BCUT2D eigenvalue weighted by Gasteiger charge is 2.22. The Morgan fingerprint density at radius 2 is 1.66 bits per heavy atom. The van der Waals surface area contributed by atoms with Gasteiger partial charge in [0.2, 0.25) is 0 Å². The summed E-state index contributed by atoms with van der Waals surface area (Å²) in [5.41, 5.74) is 8.52. The summed E-state index contributed by atoms with van der Waals surface area (Å²) in [6.07, 6.45) is 4.86. The molecule has 1 aliphatic heterocycles. The van der Waals surface area contributed by atoms with Crippen LogP contribution in [-0.2, 0) is 32.6 Å². The average Bonchev–Trinajstić information content (AvgIpc) is 3.23. The lowest BCUT2D eigenvalue weighted by Crippen LogP contribution is -2.40. The van der Waals surface area contributed by atoms with E-state index >= 15 is 0 Å². The minimum absolute atomic E-state index is 0.349. The second-order valence-electron chi connectivity index (χ2n) is 9.53. The van der Waals surface area contributed by atoms with Gasteiger partial charge in [0, 0.05) is 45.0 Å². The first-order valence-electron chi connectivity index (χ1n) is 12.2. The Labute approximate surface area is 207 Å². The molecule has 0 unspecified atom stereocenters. The number of hydrogen-bond acceptors (Lipinski definition) is 4. The van der Waals surface area contributed by atoms with Crippen molar-refractivity contribution in [2.24, 2.45) is 0 Å². The van der Waals surface area contributed by atoms with Crippen molar-refractivity contribution < 1.29 is 0 Å². The van der Waals surface area contributed by atoms with Crippen LogP contribution in [0.15, 0.2) is 85.3 Å². The molecule has 0 radical (unpaired) electrons. The molecule has 0 aliphatic carbocycles. The molecule has 3 aromatic carbocycles. The average molecular weight is 462 g/mol. The first-order chi connectivity index (χ1) is 17.2. The normalized spacial score (nSPS) is 15.8. The van der Waals surface area contributed by atoms with Gasteiger partial charge in [-0.1, -0.05) is 66.2 Å². The van der Waals surface area contributed by atoms with E-state index in [1.807, 2.05) is 36.8 Å². The van der Waals surface area contributed by atoms with Crippen molar-refractivity contribution in [3.8, 4) is 6.07 Å². The lowest BCUT2D eigenvalue weighted by Gasteiger charge is -2.25. The molecule has 1 aliphatic rings. The zero-order valence-corrected chi connectivity index (χ0v) is 20.2. The molecule has 0 spiro atoms. The number of hydrogen-bond donors (Lipinski definition) is 1. The van der Waals surface area contributed by atoms with E-state index in [0.29, 0.717) is 11.6 Å². The number of imidazole rings is 1. The van der Waals surface area contributed by atoms with Crippen molar-refractivity contribution in [2.75, 3.05) is 6.54 Å². The topological polar surface area (TPSA) is 56.9 Å². The molecule has 1 aromatic heterocycles. The number of nitriles is 1. The second-order valence-corrected chi connectivity index (χ2v) is 9.53. The van der Waals surface area contributed by atoms with E-state index in [4.69, 9.17) is 5.26 Å². The summed E-state index contributed by atoms with van der Waals surface area (Å²) in [6.45, 7) is 6.56. The van der Waals surface area contributed by atoms with Gasteiger partial charge in [-0.25, -0.2) is 4.98 Å². The molecule has 0 amide bonds. The third kappa shape index (κ3) is 5.86. The molecule has 5 rings (SSSR count). The summed E-state index contributed by atoms with van der Waals surface area (Å²) in [7, 11) is 0. The Balaban J connectivity index is 1.28. The Morgan fingerprint density at radius 1 is 0.943 bits per heavy atom. The summed E-state index contributed by atoms with van der Waals surface area (Å²) in [6, 6.07) is 28.0. The van der Waals surface area contributed by atoms with Gasteiger partial charge in [-0.15, -0.1) is 0 Å². The molecule has 2 heterocycles. The first-order valence-corrected chi connectivity index (χ1v) is 12.2. The van der Waals surface area contributed by atoms with Crippen LogP contribution < -0.4 is 5.32 Å². The standard InChI is InChI=1S/C30H31N5/c1-23-6-8-25(9-7-23)18-34-20-28-5-3-2-4-27(28)14-29(21-34)33-17-30-16-32-22-35(30)19-26-12-10-24(15-31)11-13-26/h2-13,16,22,29,33H,14,17-21H2,1H3/t29-/m0/s1. The van der Waals surface area contributed by atoms with E-state index in [1.165, 1.54) is 22.3 Å². The maximum absolute atomic E-state index is 9.04. The van der Waals surface area contributed by atoms with E-state index in [-0.39, 0.29) is 0 Å². The van der Waals surface area contributed by atoms with Crippen molar-refractivity contribution >= 4 is 0 Å². The summed E-state index contributed by atoms with van der Waals surface area (Å²) in [4.78, 5) is 6.97. The summed E-state index contributed by atoms with van der Waals surface area (Å²) < 4.78 is 2.18. The number of aromatic nitrogens is 2. The van der Waals surface area contributed by atoms with Crippen LogP contribution >= 0.6 is 0 Å². The van der Waals surface area contributed by atoms with Crippen LogP contribution in [0.1, 0.15) is 39.1 Å². The van der Waals surface area contributed by atoms with E-state index < -0.39 is 0 Å². The predicted molar refractivity (Wildman–Crippen MR) is 139 cm³/mol. The van der Waals surface area contributed by atoms with Crippen LogP contribution in [0.3, 0.4) is 0 Å². The maximum atomic E-state index is 9.04. The molecule has 0 bridgehead atoms. The maximum Gasteiger partial charge on any atom is 0.0991 e. The molecular weight excluding hydrogens is 430 g/mol. The Morgan fingerprint density at radius 3 is 2.43 bits per heavy atom. The number of benzene rings is 3. The zero-order chi connectivity index (χ0) is 24.0. The van der Waals surface area contributed by atoms with E-state index in [2.05, 4.69) is 81.3 Å². The van der Waals surface area contributed by atoms with E-state index in [0.717, 1.165) is 50.4 Å². The summed E-state index contributed by atoms with van der Waals surface area (Å²) in [5, 5.41) is 12.9. The number of rotatable bonds is 7. The van der Waals surface area contributed by atoms with E-state index in [9.17, 15) is 0 Å². The third-order valence-electron chi connectivity index (χ3n) is 6.79. The van der Waals surface area contributed by atoms with E-state index in [1.54, 1.807) is 0 Å². The third-order valence-corrected chi connectivity index (χ3v) is 6.79. The van der Waals surface area contributed by atoms with Gasteiger partial charge in [0.15, 0.2) is 0 Å². The van der Waals surface area contributed by atoms with Crippen molar-refractivity contribution in [1.29, 1.82) is 5.26 Å². The summed E-state index contributed by atoms with van der Waals surface area (Å²) in [5.74, 6) is 0. The van der Waals surface area contributed by atoms with Gasteiger partial charge in [-0.05, 0) is 47.7 Å².